The van der Waals surface area contributed by atoms with Crippen molar-refractivity contribution >= 4 is 82.9 Å². The second-order valence-corrected chi connectivity index (χ2v) is 10.3. The Kier molecular flexibility index (Phi) is 3.94. The topological polar surface area (TPSA) is 63.5 Å². The van der Waals surface area contributed by atoms with Crippen LogP contribution in [0.3, 0.4) is 0 Å². The van der Waals surface area contributed by atoms with E-state index in [1.807, 2.05) is 0 Å². The summed E-state index contributed by atoms with van der Waals surface area (Å²) < 4.78 is 2.70. The summed E-state index contributed by atoms with van der Waals surface area (Å²) in [5.74, 6) is -1.37. The Bertz CT molecular complexity index is 1400. The predicted octanol–water partition coefficient (Wildman–Crippen LogP) is 3.65. The number of nitrogens with zero attached hydrogens (tertiary/aromatic N) is 2. The van der Waals surface area contributed by atoms with Crippen molar-refractivity contribution in [2.45, 2.75) is 16.2 Å². The Labute approximate surface area is 187 Å². The molecule has 5 nitrogen and oxygen atoms in total. The van der Waals surface area contributed by atoms with Gasteiger partial charge in [-0.25, -0.2) is 0 Å². The average Bonchev–Trinajstić information content (AvgIpc) is 3.25. The number of fused-ring (bicyclic) bond motifs is 5. The van der Waals surface area contributed by atoms with Gasteiger partial charge in [0.1, 0.15) is 0 Å². The van der Waals surface area contributed by atoms with Crippen LogP contribution in [0.4, 0.5) is 0 Å². The maximum atomic E-state index is 12.3. The zero-order valence-corrected chi connectivity index (χ0v) is 18.8. The number of hydrogen-bond donors (Lipinski definition) is 1. The van der Waals surface area contributed by atoms with Crippen LogP contribution in [-0.4, -0.2) is 42.6 Å². The molecular formula is C21H12N3O2S2Te. The Hall–Kier alpha value is -2.11. The van der Waals surface area contributed by atoms with Gasteiger partial charge in [-0.1, -0.05) is 6.07 Å². The number of hydrogen-bond acceptors (Lipinski definition) is 4. The second-order valence-electron chi connectivity index (χ2n) is 6.99. The SMILES string of the molecule is O=C1N=C([Te])NC(=O)C1Cc1cc2c(s1)-n1c3ccccc3c3cccc(c31)S2. The van der Waals surface area contributed by atoms with Gasteiger partial charge < -0.3 is 0 Å². The number of amidine groups is 1. The number of rotatable bonds is 2. The number of thiophene rings is 1. The third kappa shape index (κ3) is 2.63. The summed E-state index contributed by atoms with van der Waals surface area (Å²) in [4.78, 5) is 31.9. The molecule has 29 heavy (non-hydrogen) atoms. The molecule has 1 N–H and O–H groups in total. The van der Waals surface area contributed by atoms with Crippen LogP contribution in [0.2, 0.25) is 0 Å². The molecule has 2 aromatic heterocycles. The van der Waals surface area contributed by atoms with E-state index in [2.05, 4.69) is 63.4 Å². The molecule has 4 heterocycles. The van der Waals surface area contributed by atoms with Gasteiger partial charge in [0.15, 0.2) is 0 Å². The van der Waals surface area contributed by atoms with Gasteiger partial charge in [-0.15, -0.1) is 0 Å². The van der Waals surface area contributed by atoms with Gasteiger partial charge in [0.05, 0.1) is 0 Å². The van der Waals surface area contributed by atoms with Crippen molar-refractivity contribution in [1.82, 2.24) is 9.88 Å². The first-order valence-electron chi connectivity index (χ1n) is 9.03. The monoisotopic (exact) mass is 532 g/mol. The molecule has 2 aliphatic heterocycles. The van der Waals surface area contributed by atoms with E-state index in [0.29, 0.717) is 10.3 Å². The zero-order chi connectivity index (χ0) is 19.7. The van der Waals surface area contributed by atoms with E-state index in [4.69, 9.17) is 0 Å². The van der Waals surface area contributed by atoms with Crippen LogP contribution in [0.5, 0.6) is 0 Å². The van der Waals surface area contributed by atoms with Crippen LogP contribution in [0, 0.1) is 5.92 Å². The number of carbonyl (C=O) groups is 2. The first-order valence-corrected chi connectivity index (χ1v) is 11.8. The van der Waals surface area contributed by atoms with Crippen molar-refractivity contribution in [2.75, 3.05) is 0 Å². The van der Waals surface area contributed by atoms with Gasteiger partial charge in [0.2, 0.25) is 0 Å². The molecule has 2 aliphatic rings. The fourth-order valence-corrected chi connectivity index (χ4v) is 7.08. The molecule has 0 saturated carbocycles. The molecule has 0 bridgehead atoms. The van der Waals surface area contributed by atoms with E-state index < -0.39 is 5.92 Å². The molecule has 0 fully saturated rings. The summed E-state index contributed by atoms with van der Waals surface area (Å²) in [6.07, 6.45) is 0.374. The van der Waals surface area contributed by atoms with Gasteiger partial charge in [0.25, 0.3) is 0 Å². The number of aliphatic imine (C=N–C) groups is 1. The minimum atomic E-state index is -0.755. The Morgan fingerprint density at radius 2 is 1.90 bits per heavy atom. The molecular weight excluding hydrogens is 518 g/mol. The molecule has 141 valence electrons. The van der Waals surface area contributed by atoms with E-state index in [-0.39, 0.29) is 11.8 Å². The average molecular weight is 530 g/mol. The fourth-order valence-electron chi connectivity index (χ4n) is 4.03. The van der Waals surface area contributed by atoms with Crippen LogP contribution in [0.15, 0.2) is 63.3 Å². The van der Waals surface area contributed by atoms with E-state index in [1.54, 1.807) is 45.4 Å². The maximum absolute atomic E-state index is 12.3. The van der Waals surface area contributed by atoms with Gasteiger partial charge in [-0.2, -0.15) is 0 Å². The van der Waals surface area contributed by atoms with Gasteiger partial charge in [-0.05, 0) is 0 Å². The molecule has 1 atom stereocenters. The van der Waals surface area contributed by atoms with E-state index >= 15 is 0 Å². The van der Waals surface area contributed by atoms with Gasteiger partial charge in [0, 0.05) is 0 Å². The van der Waals surface area contributed by atoms with Crippen molar-refractivity contribution in [2.24, 2.45) is 10.9 Å². The van der Waals surface area contributed by atoms with E-state index in [9.17, 15) is 9.59 Å². The molecule has 6 rings (SSSR count). The molecule has 1 unspecified atom stereocenters. The molecule has 1 radical (unpaired) electrons. The number of carbonyl (C=O) groups excluding carboxylic acids is 2. The molecule has 2 aromatic carbocycles. The summed E-state index contributed by atoms with van der Waals surface area (Å²) in [5, 5.41) is 6.32. The van der Waals surface area contributed by atoms with E-state index in [0.717, 1.165) is 14.8 Å². The number of amides is 2. The molecule has 0 aliphatic carbocycles. The summed E-state index contributed by atoms with van der Waals surface area (Å²) in [5.41, 5.74) is 2.41. The third-order valence-corrected chi connectivity index (χ3v) is 8.18. The van der Waals surface area contributed by atoms with Crippen molar-refractivity contribution < 1.29 is 9.59 Å². The van der Waals surface area contributed by atoms with Crippen molar-refractivity contribution in [3.8, 4) is 5.00 Å². The van der Waals surface area contributed by atoms with Crippen LogP contribution in [0.25, 0.3) is 26.8 Å². The van der Waals surface area contributed by atoms with Crippen molar-refractivity contribution in [3.05, 3.63) is 53.4 Å². The van der Waals surface area contributed by atoms with Gasteiger partial charge in [-0.3, -0.25) is 0 Å². The minimum absolute atomic E-state index is 0.263. The third-order valence-electron chi connectivity index (χ3n) is 5.27. The molecule has 2 amide bonds. The Morgan fingerprint density at radius 1 is 1.07 bits per heavy atom. The standard InChI is InChI=1S/C21H12N3O2S2Te/c25-18-13(19(26)23-21(29)22-18)8-10-9-16-20(27-10)24-14-6-2-1-4-11(14)12-5-3-7-15(28-16)17(12)24/h1-7,9,13H,8H2,(H,22,23,25,26). The number of benzene rings is 2. The summed E-state index contributed by atoms with van der Waals surface area (Å²) >= 11 is 4.96. The van der Waals surface area contributed by atoms with Crippen molar-refractivity contribution in [1.29, 1.82) is 0 Å². The zero-order valence-electron chi connectivity index (χ0n) is 14.8. The number of nitrogens with one attached hydrogen (secondary N) is 1. The van der Waals surface area contributed by atoms with Crippen LogP contribution < -0.4 is 5.32 Å². The van der Waals surface area contributed by atoms with E-state index in [1.165, 1.54) is 26.7 Å². The van der Waals surface area contributed by atoms with Gasteiger partial charge >= 0.3 is 182 Å². The molecule has 4 aromatic rings. The normalized spacial score (nSPS) is 18.1. The van der Waals surface area contributed by atoms with Crippen LogP contribution in [0.1, 0.15) is 4.88 Å². The summed E-state index contributed by atoms with van der Waals surface area (Å²) in [6, 6.07) is 17.0. The Balaban J connectivity index is 1.50. The number of aromatic nitrogens is 1. The molecule has 0 saturated heterocycles. The van der Waals surface area contributed by atoms with Crippen LogP contribution in [-0.2, 0) is 16.0 Å². The predicted molar refractivity (Wildman–Crippen MR) is 116 cm³/mol. The first-order chi connectivity index (χ1) is 14.1. The quantitative estimate of drug-likeness (QED) is 0.280. The van der Waals surface area contributed by atoms with Crippen molar-refractivity contribution in [3.63, 3.8) is 0 Å². The summed E-state index contributed by atoms with van der Waals surface area (Å²) in [6.45, 7) is 0. The first kappa shape index (κ1) is 17.7. The van der Waals surface area contributed by atoms with Crippen LogP contribution >= 0.6 is 23.1 Å². The summed E-state index contributed by atoms with van der Waals surface area (Å²) in [7, 11) is 0. The number of para-hydroxylation sites is 2. The molecule has 0 spiro atoms. The Morgan fingerprint density at radius 3 is 2.76 bits per heavy atom. The molecule has 8 heteroatoms. The second kappa shape index (κ2) is 6.44. The fraction of sp³-hybridized carbons (Fsp3) is 0.0952.